The Hall–Kier alpha value is -0.780. The van der Waals surface area contributed by atoms with Crippen LogP contribution >= 0.6 is 0 Å². The second-order valence-corrected chi connectivity index (χ2v) is 4.81. The van der Waals surface area contributed by atoms with Crippen molar-refractivity contribution in [3.8, 4) is 0 Å². The van der Waals surface area contributed by atoms with E-state index in [0.717, 1.165) is 11.8 Å². The fraction of sp³-hybridized carbons (Fsp3) is 0.571. The third-order valence-electron chi connectivity index (χ3n) is 3.49. The summed E-state index contributed by atoms with van der Waals surface area (Å²) in [6.07, 6.45) is 7.06. The molecule has 0 amide bonds. The summed E-state index contributed by atoms with van der Waals surface area (Å²) < 4.78 is 0. The Balaban J connectivity index is 1.78. The Morgan fingerprint density at radius 3 is 2.57 bits per heavy atom. The maximum absolute atomic E-state index is 2.39. The molecule has 2 rings (SSSR count). The molecule has 1 aromatic carbocycles. The van der Waals surface area contributed by atoms with Gasteiger partial charge in [0.05, 0.1) is 0 Å². The summed E-state index contributed by atoms with van der Waals surface area (Å²) in [4.78, 5) is 0. The van der Waals surface area contributed by atoms with E-state index in [1.807, 2.05) is 0 Å². The zero-order valence-electron chi connectivity index (χ0n) is 9.08. The van der Waals surface area contributed by atoms with E-state index in [1.54, 1.807) is 0 Å². The van der Waals surface area contributed by atoms with Crippen LogP contribution in [0.15, 0.2) is 30.3 Å². The smallest absolute Gasteiger partial charge is 0.0276 e. The highest BCUT2D eigenvalue weighted by Gasteiger charge is 2.20. The zero-order valence-corrected chi connectivity index (χ0v) is 9.08. The molecule has 0 bridgehead atoms. The molecule has 1 saturated carbocycles. The van der Waals surface area contributed by atoms with Crippen LogP contribution in [0, 0.1) is 11.8 Å². The molecule has 0 aliphatic heterocycles. The van der Waals surface area contributed by atoms with Crippen molar-refractivity contribution in [2.24, 2.45) is 11.8 Å². The van der Waals surface area contributed by atoms with Gasteiger partial charge < -0.3 is 0 Å². The molecule has 0 spiro atoms. The molecule has 0 aromatic heterocycles. The number of aryl methyl sites for hydroxylation is 1. The first kappa shape index (κ1) is 9.76. The van der Waals surface area contributed by atoms with Gasteiger partial charge in [-0.15, -0.1) is 0 Å². The van der Waals surface area contributed by atoms with Gasteiger partial charge in [0.15, 0.2) is 0 Å². The summed E-state index contributed by atoms with van der Waals surface area (Å²) >= 11 is 0. The molecule has 1 aliphatic carbocycles. The van der Waals surface area contributed by atoms with Gasteiger partial charge in [-0.25, -0.2) is 0 Å². The summed E-state index contributed by atoms with van der Waals surface area (Å²) in [5.74, 6) is 1.99. The van der Waals surface area contributed by atoms with E-state index in [1.165, 1.54) is 37.7 Å². The minimum atomic E-state index is 0.982. The molecule has 0 N–H and O–H groups in total. The average molecular weight is 188 g/mol. The predicted molar refractivity (Wildman–Crippen MR) is 61.3 cm³/mol. The Labute approximate surface area is 87.3 Å². The summed E-state index contributed by atoms with van der Waals surface area (Å²) in [6, 6.07) is 10.9. The second kappa shape index (κ2) is 4.63. The molecular weight excluding hydrogens is 168 g/mol. The van der Waals surface area contributed by atoms with Crippen molar-refractivity contribution >= 4 is 0 Å². The van der Waals surface area contributed by atoms with Gasteiger partial charge in [-0.2, -0.15) is 0 Å². The van der Waals surface area contributed by atoms with Crippen molar-refractivity contribution in [1.29, 1.82) is 0 Å². The molecule has 14 heavy (non-hydrogen) atoms. The highest BCUT2D eigenvalue weighted by Crippen LogP contribution is 2.33. The van der Waals surface area contributed by atoms with Crippen LogP contribution in [0.5, 0.6) is 0 Å². The maximum Gasteiger partial charge on any atom is -0.0276 e. The molecule has 1 fully saturated rings. The van der Waals surface area contributed by atoms with Crippen LogP contribution in [0.1, 0.15) is 38.2 Å². The van der Waals surface area contributed by atoms with Crippen LogP contribution in [0.4, 0.5) is 0 Å². The van der Waals surface area contributed by atoms with Crippen LogP contribution in [0.25, 0.3) is 0 Å². The van der Waals surface area contributed by atoms with Crippen molar-refractivity contribution in [3.63, 3.8) is 0 Å². The van der Waals surface area contributed by atoms with E-state index >= 15 is 0 Å². The van der Waals surface area contributed by atoms with Crippen LogP contribution < -0.4 is 0 Å². The Morgan fingerprint density at radius 2 is 1.93 bits per heavy atom. The van der Waals surface area contributed by atoms with Gasteiger partial charge in [-0.1, -0.05) is 50.1 Å². The van der Waals surface area contributed by atoms with Crippen molar-refractivity contribution in [2.45, 2.75) is 39.0 Å². The van der Waals surface area contributed by atoms with Gasteiger partial charge >= 0.3 is 0 Å². The van der Waals surface area contributed by atoms with E-state index < -0.39 is 0 Å². The summed E-state index contributed by atoms with van der Waals surface area (Å²) in [5, 5.41) is 0. The van der Waals surface area contributed by atoms with Gasteiger partial charge in [0, 0.05) is 0 Å². The second-order valence-electron chi connectivity index (χ2n) is 4.81. The Kier molecular flexibility index (Phi) is 3.23. The first-order valence-electron chi connectivity index (χ1n) is 5.88. The highest BCUT2D eigenvalue weighted by molar-refractivity contribution is 5.14. The number of hydrogen-bond donors (Lipinski definition) is 0. The van der Waals surface area contributed by atoms with E-state index in [0.29, 0.717) is 0 Å². The fourth-order valence-corrected chi connectivity index (χ4v) is 2.60. The Bertz CT molecular complexity index is 263. The third-order valence-corrected chi connectivity index (χ3v) is 3.49. The highest BCUT2D eigenvalue weighted by atomic mass is 14.3. The summed E-state index contributed by atoms with van der Waals surface area (Å²) in [6.45, 7) is 2.39. The maximum atomic E-state index is 2.39. The standard InChI is InChI=1S/C14H20/c1-12-7-8-14(11-12)10-9-13-5-3-2-4-6-13/h2-6,12,14H,7-11H2,1H3. The SMILES string of the molecule is CC1CCC(CCc2ccccc2)C1. The third kappa shape index (κ3) is 2.60. The van der Waals surface area contributed by atoms with Crippen LogP contribution in [-0.4, -0.2) is 0 Å². The summed E-state index contributed by atoms with van der Waals surface area (Å²) in [5.41, 5.74) is 1.51. The van der Waals surface area contributed by atoms with Gasteiger partial charge in [0.1, 0.15) is 0 Å². The number of hydrogen-bond acceptors (Lipinski definition) is 0. The van der Waals surface area contributed by atoms with Gasteiger partial charge in [-0.3, -0.25) is 0 Å². The Morgan fingerprint density at radius 1 is 1.14 bits per heavy atom. The monoisotopic (exact) mass is 188 g/mol. The van der Waals surface area contributed by atoms with Gasteiger partial charge in [-0.05, 0) is 36.7 Å². The molecule has 0 radical (unpaired) electrons. The first-order chi connectivity index (χ1) is 6.84. The lowest BCUT2D eigenvalue weighted by Gasteiger charge is -2.08. The quantitative estimate of drug-likeness (QED) is 0.671. The largest absolute Gasteiger partial charge is 0.0625 e. The fourth-order valence-electron chi connectivity index (χ4n) is 2.60. The topological polar surface area (TPSA) is 0 Å². The van der Waals surface area contributed by atoms with Crippen LogP contribution in [0.2, 0.25) is 0 Å². The van der Waals surface area contributed by atoms with Crippen LogP contribution in [-0.2, 0) is 6.42 Å². The van der Waals surface area contributed by atoms with Crippen molar-refractivity contribution in [2.75, 3.05) is 0 Å². The first-order valence-corrected chi connectivity index (χ1v) is 5.88. The van der Waals surface area contributed by atoms with E-state index in [2.05, 4.69) is 37.3 Å². The van der Waals surface area contributed by atoms with E-state index in [4.69, 9.17) is 0 Å². The predicted octanol–water partition coefficient (Wildman–Crippen LogP) is 4.06. The molecule has 1 aromatic rings. The van der Waals surface area contributed by atoms with Crippen molar-refractivity contribution in [1.82, 2.24) is 0 Å². The molecule has 1 aliphatic rings. The number of benzene rings is 1. The number of rotatable bonds is 3. The molecule has 76 valence electrons. The van der Waals surface area contributed by atoms with E-state index in [9.17, 15) is 0 Å². The molecule has 0 heteroatoms. The lowest BCUT2D eigenvalue weighted by molar-refractivity contribution is 0.480. The van der Waals surface area contributed by atoms with Crippen molar-refractivity contribution < 1.29 is 0 Å². The lowest BCUT2D eigenvalue weighted by Crippen LogP contribution is -1.97. The molecule has 0 nitrogen and oxygen atoms in total. The molecular formula is C14H20. The minimum absolute atomic E-state index is 0.982. The molecule has 0 heterocycles. The molecule has 0 saturated heterocycles. The summed E-state index contributed by atoms with van der Waals surface area (Å²) in [7, 11) is 0. The zero-order chi connectivity index (χ0) is 9.80. The normalized spacial score (nSPS) is 26.6. The molecule has 2 unspecified atom stereocenters. The minimum Gasteiger partial charge on any atom is -0.0625 e. The van der Waals surface area contributed by atoms with Gasteiger partial charge in [0.25, 0.3) is 0 Å². The lowest BCUT2D eigenvalue weighted by atomic mass is 9.97. The van der Waals surface area contributed by atoms with Crippen LogP contribution in [0.3, 0.4) is 0 Å². The van der Waals surface area contributed by atoms with Gasteiger partial charge in [0.2, 0.25) is 0 Å². The average Bonchev–Trinajstić information content (AvgIpc) is 2.63. The van der Waals surface area contributed by atoms with E-state index in [-0.39, 0.29) is 0 Å². The van der Waals surface area contributed by atoms with Crippen molar-refractivity contribution in [3.05, 3.63) is 35.9 Å². The molecule has 2 atom stereocenters.